The maximum atomic E-state index is 12.3. The van der Waals surface area contributed by atoms with E-state index in [-0.39, 0.29) is 16.9 Å². The van der Waals surface area contributed by atoms with Crippen LogP contribution in [0.15, 0.2) is 40.1 Å². The van der Waals surface area contributed by atoms with Gasteiger partial charge in [0.05, 0.1) is 17.3 Å². The highest BCUT2D eigenvalue weighted by Gasteiger charge is 2.11. The lowest BCUT2D eigenvalue weighted by atomic mass is 10.0. The highest BCUT2D eigenvalue weighted by Crippen LogP contribution is 2.17. The maximum absolute atomic E-state index is 12.3. The van der Waals surface area contributed by atoms with Crippen LogP contribution >= 0.6 is 0 Å². The van der Waals surface area contributed by atoms with Crippen LogP contribution in [0.25, 0.3) is 17.1 Å². The van der Waals surface area contributed by atoms with E-state index in [9.17, 15) is 14.4 Å². The normalized spacial score (nSPS) is 11.3. The minimum absolute atomic E-state index is 0.261. The highest BCUT2D eigenvalue weighted by molar-refractivity contribution is 6.02. The van der Waals surface area contributed by atoms with Crippen LogP contribution in [0.1, 0.15) is 22.3 Å². The largest absolute Gasteiger partial charge is 0.332 e. The van der Waals surface area contributed by atoms with Crippen LogP contribution in [0.2, 0.25) is 0 Å². The lowest BCUT2D eigenvalue weighted by Gasteiger charge is -2.08. The number of pyridine rings is 1. The third-order valence-electron chi connectivity index (χ3n) is 4.86. The third kappa shape index (κ3) is 3.51. The minimum atomic E-state index is -0.456. The first-order chi connectivity index (χ1) is 13.2. The zero-order valence-electron chi connectivity index (χ0n) is 16.5. The molecule has 0 aliphatic heterocycles. The van der Waals surface area contributed by atoms with E-state index < -0.39 is 11.2 Å². The molecule has 3 aromatic rings. The number of carbonyl (C=O) groups excluding carboxylic acids is 1. The van der Waals surface area contributed by atoms with Crippen molar-refractivity contribution in [2.75, 3.05) is 5.32 Å². The van der Waals surface area contributed by atoms with Crippen LogP contribution in [0.5, 0.6) is 0 Å². The van der Waals surface area contributed by atoms with Crippen molar-refractivity contribution in [1.29, 1.82) is 0 Å². The lowest BCUT2D eigenvalue weighted by Crippen LogP contribution is -2.37. The summed E-state index contributed by atoms with van der Waals surface area (Å²) >= 11 is 0. The highest BCUT2D eigenvalue weighted by atomic mass is 16.2. The van der Waals surface area contributed by atoms with Gasteiger partial charge in [-0.2, -0.15) is 0 Å². The summed E-state index contributed by atoms with van der Waals surface area (Å²) in [6.45, 7) is 6.08. The molecule has 28 heavy (non-hydrogen) atoms. The van der Waals surface area contributed by atoms with Crippen LogP contribution in [-0.2, 0) is 18.9 Å². The summed E-state index contributed by atoms with van der Waals surface area (Å²) in [5.74, 6) is -0.333. The van der Waals surface area contributed by atoms with Crippen LogP contribution in [-0.4, -0.2) is 20.0 Å². The average Bonchev–Trinajstić information content (AvgIpc) is 2.66. The van der Waals surface area contributed by atoms with Crippen molar-refractivity contribution in [2.24, 2.45) is 14.1 Å². The monoisotopic (exact) mass is 378 g/mol. The number of hydrogen-bond donors (Lipinski definition) is 1. The van der Waals surface area contributed by atoms with Gasteiger partial charge in [0.1, 0.15) is 5.65 Å². The van der Waals surface area contributed by atoms with Gasteiger partial charge in [0.2, 0.25) is 5.91 Å². The summed E-state index contributed by atoms with van der Waals surface area (Å²) in [6, 6.07) is 5.65. The standard InChI is InChI=1S/C21H22N4O3/c1-12-8-14(3)15(9-13(12)2)6-7-18(26)23-16-10-17-19(22-11-16)24(4)21(28)25(5)20(17)27/h6-11H,1-5H3,(H,23,26)/b7-6+. The molecule has 0 aliphatic carbocycles. The SMILES string of the molecule is Cc1cc(C)c(/C=C/C(=O)Nc2cnc3c(c2)c(=O)n(C)c(=O)n3C)cc1C. The zero-order chi connectivity index (χ0) is 20.6. The van der Waals surface area contributed by atoms with E-state index in [0.29, 0.717) is 5.69 Å². The number of anilines is 1. The fourth-order valence-electron chi connectivity index (χ4n) is 3.05. The predicted octanol–water partition coefficient (Wildman–Crippen LogP) is 2.21. The number of carbonyl (C=O) groups is 1. The Kier molecular flexibility index (Phi) is 5.00. The summed E-state index contributed by atoms with van der Waals surface area (Å²) in [6.07, 6.45) is 4.63. The first-order valence-electron chi connectivity index (χ1n) is 8.81. The summed E-state index contributed by atoms with van der Waals surface area (Å²) in [7, 11) is 2.95. The van der Waals surface area contributed by atoms with Crippen molar-refractivity contribution in [1.82, 2.24) is 14.1 Å². The van der Waals surface area contributed by atoms with Gasteiger partial charge in [0, 0.05) is 20.2 Å². The quantitative estimate of drug-likeness (QED) is 0.708. The average molecular weight is 378 g/mol. The molecule has 0 fully saturated rings. The predicted molar refractivity (Wildman–Crippen MR) is 111 cm³/mol. The first kappa shape index (κ1) is 19.3. The molecule has 1 aromatic carbocycles. The Morgan fingerprint density at radius 3 is 2.39 bits per heavy atom. The molecule has 0 saturated heterocycles. The number of nitrogens with one attached hydrogen (secondary N) is 1. The molecule has 1 amide bonds. The molecule has 0 aliphatic rings. The van der Waals surface area contributed by atoms with Crippen molar-refractivity contribution in [2.45, 2.75) is 20.8 Å². The summed E-state index contributed by atoms with van der Waals surface area (Å²) in [4.78, 5) is 40.7. The number of benzene rings is 1. The molecule has 0 atom stereocenters. The van der Waals surface area contributed by atoms with E-state index in [2.05, 4.69) is 23.3 Å². The second-order valence-electron chi connectivity index (χ2n) is 6.92. The number of amides is 1. The topological polar surface area (TPSA) is 86.0 Å². The number of nitrogens with zero attached hydrogens (tertiary/aromatic N) is 3. The molecule has 2 aromatic heterocycles. The lowest BCUT2D eigenvalue weighted by molar-refractivity contribution is -0.111. The molecule has 144 valence electrons. The number of hydrogen-bond acceptors (Lipinski definition) is 4. The Morgan fingerprint density at radius 2 is 1.68 bits per heavy atom. The van der Waals surface area contributed by atoms with Gasteiger partial charge in [-0.3, -0.25) is 18.7 Å². The summed E-state index contributed by atoms with van der Waals surface area (Å²) in [5.41, 5.74) is 4.17. The van der Waals surface area contributed by atoms with Crippen molar-refractivity contribution < 1.29 is 4.79 Å². The van der Waals surface area contributed by atoms with Crippen molar-refractivity contribution >= 4 is 28.7 Å². The second kappa shape index (κ2) is 7.26. The number of aromatic nitrogens is 3. The maximum Gasteiger partial charge on any atom is 0.332 e. The van der Waals surface area contributed by atoms with Crippen molar-refractivity contribution in [3.63, 3.8) is 0 Å². The van der Waals surface area contributed by atoms with Gasteiger partial charge in [0.25, 0.3) is 5.56 Å². The molecule has 3 rings (SSSR count). The van der Waals surface area contributed by atoms with Crippen LogP contribution in [0.4, 0.5) is 5.69 Å². The molecular formula is C21H22N4O3. The Balaban J connectivity index is 1.89. The van der Waals surface area contributed by atoms with Crippen molar-refractivity contribution in [3.8, 4) is 0 Å². The number of rotatable bonds is 3. The first-order valence-corrected chi connectivity index (χ1v) is 8.81. The van der Waals surface area contributed by atoms with E-state index >= 15 is 0 Å². The Labute approximate surface area is 162 Å². The van der Waals surface area contributed by atoms with Gasteiger partial charge in [-0.25, -0.2) is 9.78 Å². The molecular weight excluding hydrogens is 356 g/mol. The Bertz CT molecular complexity index is 1250. The van der Waals surface area contributed by atoms with Gasteiger partial charge in [-0.1, -0.05) is 12.1 Å². The van der Waals surface area contributed by atoms with Gasteiger partial charge < -0.3 is 5.32 Å². The molecule has 7 heteroatoms. The van der Waals surface area contributed by atoms with Crippen LogP contribution < -0.4 is 16.6 Å². The van der Waals surface area contributed by atoms with Gasteiger partial charge in [-0.15, -0.1) is 0 Å². The van der Waals surface area contributed by atoms with E-state index in [1.165, 1.54) is 35.5 Å². The molecule has 0 radical (unpaired) electrons. The molecule has 7 nitrogen and oxygen atoms in total. The number of aryl methyl sites for hydroxylation is 4. The molecule has 0 spiro atoms. The van der Waals surface area contributed by atoms with Gasteiger partial charge in [0.15, 0.2) is 0 Å². The summed E-state index contributed by atoms with van der Waals surface area (Å²) in [5, 5.41) is 2.97. The molecule has 0 saturated carbocycles. The smallest absolute Gasteiger partial charge is 0.321 e. The van der Waals surface area contributed by atoms with Crippen LogP contribution in [0.3, 0.4) is 0 Å². The Hall–Kier alpha value is -3.48. The molecule has 0 unspecified atom stereocenters. The summed E-state index contributed by atoms with van der Waals surface area (Å²) < 4.78 is 2.31. The fourth-order valence-corrected chi connectivity index (χ4v) is 3.05. The minimum Gasteiger partial charge on any atom is -0.321 e. The van der Waals surface area contributed by atoms with Gasteiger partial charge >= 0.3 is 5.69 Å². The fraction of sp³-hybridized carbons (Fsp3) is 0.238. The van der Waals surface area contributed by atoms with E-state index in [1.807, 2.05) is 19.9 Å². The van der Waals surface area contributed by atoms with Crippen LogP contribution in [0, 0.1) is 20.8 Å². The number of fused-ring (bicyclic) bond motifs is 1. The zero-order valence-corrected chi connectivity index (χ0v) is 16.5. The Morgan fingerprint density at radius 1 is 1.00 bits per heavy atom. The third-order valence-corrected chi connectivity index (χ3v) is 4.86. The van der Waals surface area contributed by atoms with E-state index in [4.69, 9.17) is 0 Å². The molecule has 2 heterocycles. The van der Waals surface area contributed by atoms with E-state index in [0.717, 1.165) is 21.3 Å². The molecule has 0 bridgehead atoms. The molecule has 1 N–H and O–H groups in total. The van der Waals surface area contributed by atoms with Crippen molar-refractivity contribution in [3.05, 3.63) is 73.6 Å². The van der Waals surface area contributed by atoms with Gasteiger partial charge in [-0.05, 0) is 55.2 Å². The van der Waals surface area contributed by atoms with E-state index in [1.54, 1.807) is 13.1 Å². The second-order valence-corrected chi connectivity index (χ2v) is 6.92.